The fourth-order valence-corrected chi connectivity index (χ4v) is 6.00. The van der Waals surface area contributed by atoms with E-state index in [1.807, 2.05) is 0 Å². The van der Waals surface area contributed by atoms with E-state index in [9.17, 15) is 19.2 Å². The summed E-state index contributed by atoms with van der Waals surface area (Å²) in [4.78, 5) is 48.1. The minimum absolute atomic E-state index is 0.152. The summed E-state index contributed by atoms with van der Waals surface area (Å²) >= 11 is 0. The van der Waals surface area contributed by atoms with Crippen LogP contribution in [0.1, 0.15) is 226 Å². The average molecular weight is 666 g/mol. The standard InChI is InChI=1S/C40H75NO6/c1-3-5-7-9-11-13-15-17-19-21-23-25-27-29-31-33-37(42)46-39(44)35-36(41)40(45)47-38(43)34-32-30-28-26-24-22-20-18-16-14-12-10-8-6-4-2/h36H,3-35,41H2,1-2H3/t36-/m0/s1. The van der Waals surface area contributed by atoms with Gasteiger partial charge in [-0.25, -0.2) is 4.79 Å². The third kappa shape index (κ3) is 33.9. The number of hydrogen-bond donors (Lipinski definition) is 1. The fourth-order valence-electron chi connectivity index (χ4n) is 6.00. The molecule has 0 heterocycles. The molecule has 0 saturated heterocycles. The predicted molar refractivity (Wildman–Crippen MR) is 194 cm³/mol. The molecule has 0 saturated carbocycles. The van der Waals surface area contributed by atoms with Crippen LogP contribution in [0.2, 0.25) is 0 Å². The molecule has 1 atom stereocenters. The van der Waals surface area contributed by atoms with E-state index < -0.39 is 36.3 Å². The van der Waals surface area contributed by atoms with E-state index in [-0.39, 0.29) is 12.8 Å². The molecule has 0 aliphatic carbocycles. The molecule has 7 heteroatoms. The molecule has 0 rings (SSSR count). The average Bonchev–Trinajstić information content (AvgIpc) is 3.04. The first-order valence-corrected chi connectivity index (χ1v) is 20.1. The number of carbonyl (C=O) groups excluding carboxylic acids is 4. The number of hydrogen-bond acceptors (Lipinski definition) is 7. The Morgan fingerprint density at radius 1 is 0.383 bits per heavy atom. The minimum Gasteiger partial charge on any atom is -0.393 e. The van der Waals surface area contributed by atoms with Gasteiger partial charge < -0.3 is 15.2 Å². The number of rotatable bonds is 35. The summed E-state index contributed by atoms with van der Waals surface area (Å²) in [5, 5.41) is 0. The van der Waals surface area contributed by atoms with Crippen LogP contribution < -0.4 is 5.73 Å². The van der Waals surface area contributed by atoms with Crippen LogP contribution >= 0.6 is 0 Å². The molecule has 0 aromatic heterocycles. The molecule has 0 fully saturated rings. The van der Waals surface area contributed by atoms with E-state index in [2.05, 4.69) is 13.8 Å². The lowest BCUT2D eigenvalue weighted by Crippen LogP contribution is -2.36. The van der Waals surface area contributed by atoms with Crippen LogP contribution in [0.15, 0.2) is 0 Å². The molecule has 0 spiro atoms. The Balaban J connectivity index is 3.62. The zero-order chi connectivity index (χ0) is 34.6. The lowest BCUT2D eigenvalue weighted by Gasteiger charge is -2.10. The van der Waals surface area contributed by atoms with E-state index in [4.69, 9.17) is 15.2 Å². The van der Waals surface area contributed by atoms with E-state index in [0.29, 0.717) is 12.8 Å². The van der Waals surface area contributed by atoms with Crippen molar-refractivity contribution < 1.29 is 28.7 Å². The van der Waals surface area contributed by atoms with Gasteiger partial charge in [-0.15, -0.1) is 0 Å². The van der Waals surface area contributed by atoms with E-state index in [1.54, 1.807) is 0 Å². The molecule has 7 nitrogen and oxygen atoms in total. The third-order valence-electron chi connectivity index (χ3n) is 9.10. The number of carbonyl (C=O) groups is 4. The molecule has 0 radical (unpaired) electrons. The van der Waals surface area contributed by atoms with Gasteiger partial charge in [0.15, 0.2) is 0 Å². The Hall–Kier alpha value is -1.76. The molecule has 47 heavy (non-hydrogen) atoms. The summed E-state index contributed by atoms with van der Waals surface area (Å²) in [6, 6.07) is -1.33. The zero-order valence-corrected chi connectivity index (χ0v) is 30.9. The molecule has 0 aliphatic rings. The van der Waals surface area contributed by atoms with E-state index in [1.165, 1.54) is 148 Å². The Kier molecular flexibility index (Phi) is 34.2. The van der Waals surface area contributed by atoms with Crippen molar-refractivity contribution in [3.63, 3.8) is 0 Å². The summed E-state index contributed by atoms with van der Waals surface area (Å²) in [5.74, 6) is -3.05. The lowest BCUT2D eigenvalue weighted by atomic mass is 10.0. The smallest absolute Gasteiger partial charge is 0.331 e. The Labute approximate surface area is 289 Å². The van der Waals surface area contributed by atoms with Gasteiger partial charge in [0.05, 0.1) is 6.42 Å². The first-order chi connectivity index (χ1) is 22.9. The first kappa shape index (κ1) is 45.2. The topological polar surface area (TPSA) is 113 Å². The molecular weight excluding hydrogens is 590 g/mol. The monoisotopic (exact) mass is 666 g/mol. The van der Waals surface area contributed by atoms with Gasteiger partial charge in [0, 0.05) is 12.8 Å². The highest BCUT2D eigenvalue weighted by Gasteiger charge is 2.23. The molecule has 0 aromatic rings. The molecular formula is C40H75NO6. The highest BCUT2D eigenvalue weighted by molar-refractivity contribution is 5.92. The molecule has 2 N–H and O–H groups in total. The number of unbranched alkanes of at least 4 members (excludes halogenated alkanes) is 28. The molecule has 0 bridgehead atoms. The van der Waals surface area contributed by atoms with Gasteiger partial charge in [0.1, 0.15) is 6.04 Å². The van der Waals surface area contributed by atoms with Crippen molar-refractivity contribution >= 4 is 23.9 Å². The summed E-state index contributed by atoms with van der Waals surface area (Å²) in [7, 11) is 0. The van der Waals surface area contributed by atoms with Crippen LogP contribution in [0.5, 0.6) is 0 Å². The molecule has 0 aliphatic heterocycles. The van der Waals surface area contributed by atoms with E-state index >= 15 is 0 Å². The molecule has 276 valence electrons. The molecule has 0 aromatic carbocycles. The maximum Gasteiger partial charge on any atom is 0.331 e. The van der Waals surface area contributed by atoms with Crippen LogP contribution in [-0.4, -0.2) is 29.9 Å². The van der Waals surface area contributed by atoms with Gasteiger partial charge in [0.25, 0.3) is 0 Å². The highest BCUT2D eigenvalue weighted by Crippen LogP contribution is 2.15. The van der Waals surface area contributed by atoms with Gasteiger partial charge in [-0.1, -0.05) is 194 Å². The van der Waals surface area contributed by atoms with Crippen LogP contribution in [0, 0.1) is 0 Å². The summed E-state index contributed by atoms with van der Waals surface area (Å²) in [6.07, 6.45) is 36.9. The second-order valence-corrected chi connectivity index (χ2v) is 13.8. The predicted octanol–water partition coefficient (Wildman–Crippen LogP) is 11.4. The Bertz CT molecular complexity index is 755. The number of esters is 4. The normalized spacial score (nSPS) is 11.8. The summed E-state index contributed by atoms with van der Waals surface area (Å²) in [6.45, 7) is 4.51. The van der Waals surface area contributed by atoms with Crippen molar-refractivity contribution in [3.05, 3.63) is 0 Å². The lowest BCUT2D eigenvalue weighted by molar-refractivity contribution is -0.166. The molecule has 0 amide bonds. The highest BCUT2D eigenvalue weighted by atomic mass is 16.6. The summed E-state index contributed by atoms with van der Waals surface area (Å²) in [5.41, 5.74) is 5.72. The maximum atomic E-state index is 12.1. The van der Waals surface area contributed by atoms with Gasteiger partial charge in [-0.3, -0.25) is 14.4 Å². The maximum absolute atomic E-state index is 12.1. The van der Waals surface area contributed by atoms with Gasteiger partial charge in [-0.05, 0) is 12.8 Å². The summed E-state index contributed by atoms with van der Waals surface area (Å²) < 4.78 is 9.61. The first-order valence-electron chi connectivity index (χ1n) is 20.1. The quantitative estimate of drug-likeness (QED) is 0.0407. The Morgan fingerprint density at radius 2 is 0.638 bits per heavy atom. The van der Waals surface area contributed by atoms with Gasteiger partial charge >= 0.3 is 23.9 Å². The van der Waals surface area contributed by atoms with Crippen LogP contribution in [0.25, 0.3) is 0 Å². The van der Waals surface area contributed by atoms with Crippen molar-refractivity contribution in [2.45, 2.75) is 232 Å². The zero-order valence-electron chi connectivity index (χ0n) is 30.9. The van der Waals surface area contributed by atoms with Gasteiger partial charge in [-0.2, -0.15) is 0 Å². The fraction of sp³-hybridized carbons (Fsp3) is 0.900. The van der Waals surface area contributed by atoms with Crippen molar-refractivity contribution in [1.29, 1.82) is 0 Å². The third-order valence-corrected chi connectivity index (χ3v) is 9.10. The Morgan fingerprint density at radius 3 is 0.936 bits per heavy atom. The SMILES string of the molecule is CCCCCCCCCCCCCCCCCC(=O)OC(=O)C[C@H](N)C(=O)OC(=O)CCCCCCCCCCCCCCCCC. The largest absolute Gasteiger partial charge is 0.393 e. The van der Waals surface area contributed by atoms with Crippen LogP contribution in [0.3, 0.4) is 0 Å². The second kappa shape index (κ2) is 35.5. The van der Waals surface area contributed by atoms with Crippen LogP contribution in [-0.2, 0) is 28.7 Å². The van der Waals surface area contributed by atoms with E-state index in [0.717, 1.165) is 32.1 Å². The van der Waals surface area contributed by atoms with Crippen molar-refractivity contribution in [2.24, 2.45) is 5.73 Å². The minimum atomic E-state index is -1.33. The van der Waals surface area contributed by atoms with Crippen molar-refractivity contribution in [1.82, 2.24) is 0 Å². The van der Waals surface area contributed by atoms with Crippen LogP contribution in [0.4, 0.5) is 0 Å². The number of ether oxygens (including phenoxy) is 2. The van der Waals surface area contributed by atoms with Crippen molar-refractivity contribution in [2.75, 3.05) is 0 Å². The molecule has 0 unspecified atom stereocenters. The number of nitrogens with two attached hydrogens (primary N) is 1. The second-order valence-electron chi connectivity index (χ2n) is 13.8. The van der Waals surface area contributed by atoms with Crippen molar-refractivity contribution in [3.8, 4) is 0 Å². The van der Waals surface area contributed by atoms with Gasteiger partial charge in [0.2, 0.25) is 0 Å².